The first-order valence-electron chi connectivity index (χ1n) is 13.0. The average molecular weight is 560 g/mol. The van der Waals surface area contributed by atoms with Gasteiger partial charge in [0.1, 0.15) is 23.2 Å². The summed E-state index contributed by atoms with van der Waals surface area (Å²) in [5.74, 6) is 0.261. The summed E-state index contributed by atoms with van der Waals surface area (Å²) in [7, 11) is -4.28. The summed E-state index contributed by atoms with van der Waals surface area (Å²) in [5, 5.41) is -0.362. The van der Waals surface area contributed by atoms with Crippen molar-refractivity contribution in [3.63, 3.8) is 0 Å². The van der Waals surface area contributed by atoms with E-state index in [1.54, 1.807) is 12.1 Å². The number of hydrogen-bond donors (Lipinski definition) is 2. The molecule has 1 aromatic carbocycles. The van der Waals surface area contributed by atoms with Crippen molar-refractivity contribution in [1.82, 2.24) is 14.7 Å². The number of nitrogens with zero attached hydrogens (tertiary/aromatic N) is 3. The second-order valence-corrected chi connectivity index (χ2v) is 11.8. The van der Waals surface area contributed by atoms with Gasteiger partial charge < -0.3 is 15.4 Å². The Kier molecular flexibility index (Phi) is 8.69. The number of amides is 1. The van der Waals surface area contributed by atoms with Crippen LogP contribution >= 0.6 is 0 Å². The highest BCUT2D eigenvalue weighted by Gasteiger charge is 2.27. The van der Waals surface area contributed by atoms with Crippen LogP contribution in [0.25, 0.3) is 11.3 Å². The number of ether oxygens (including phenoxy) is 1. The monoisotopic (exact) mass is 559 g/mol. The summed E-state index contributed by atoms with van der Waals surface area (Å²) in [6, 6.07) is 11.6. The molecule has 1 amide bonds. The van der Waals surface area contributed by atoms with Crippen LogP contribution in [0.4, 0.5) is 16.0 Å². The van der Waals surface area contributed by atoms with E-state index >= 15 is 0 Å². The van der Waals surface area contributed by atoms with Crippen molar-refractivity contribution in [2.24, 2.45) is 11.8 Å². The van der Waals surface area contributed by atoms with Crippen LogP contribution in [-0.2, 0) is 10.0 Å². The Hall–Kier alpha value is -3.73. The SMILES string of the molecule is CCC1CCN(c2nc(-c3cc(F)cc(OCC(C)C)c3)ccc2C(=O)NS(=O)(=O)c2cccc(N)n2)CC1.[HH].[HH]. The zero-order valence-corrected chi connectivity index (χ0v) is 23.2. The quantitative estimate of drug-likeness (QED) is 0.369. The van der Waals surface area contributed by atoms with Gasteiger partial charge in [0.15, 0.2) is 5.03 Å². The van der Waals surface area contributed by atoms with Gasteiger partial charge in [-0.1, -0.05) is 33.3 Å². The number of carbonyl (C=O) groups is 1. The lowest BCUT2D eigenvalue weighted by molar-refractivity contribution is 0.0981. The van der Waals surface area contributed by atoms with Gasteiger partial charge in [0.25, 0.3) is 15.9 Å². The fourth-order valence-corrected chi connectivity index (χ4v) is 5.39. The van der Waals surface area contributed by atoms with E-state index in [1.807, 2.05) is 18.7 Å². The van der Waals surface area contributed by atoms with Gasteiger partial charge >= 0.3 is 0 Å². The van der Waals surface area contributed by atoms with Gasteiger partial charge in [0.2, 0.25) is 0 Å². The molecule has 2 aromatic heterocycles. The second kappa shape index (κ2) is 12.0. The highest BCUT2D eigenvalue weighted by Crippen LogP contribution is 2.31. The Labute approximate surface area is 231 Å². The minimum Gasteiger partial charge on any atom is -0.493 e. The lowest BCUT2D eigenvalue weighted by Gasteiger charge is -2.33. The van der Waals surface area contributed by atoms with Crippen molar-refractivity contribution >= 4 is 27.6 Å². The molecule has 212 valence electrons. The number of aromatic nitrogens is 2. The topological polar surface area (TPSA) is 128 Å². The zero-order chi connectivity index (χ0) is 28.2. The third-order valence-electron chi connectivity index (χ3n) is 6.61. The Morgan fingerprint density at radius 2 is 1.92 bits per heavy atom. The molecule has 3 N–H and O–H groups in total. The van der Waals surface area contributed by atoms with E-state index in [-0.39, 0.29) is 25.2 Å². The largest absolute Gasteiger partial charge is 0.493 e. The molecule has 1 saturated heterocycles. The molecule has 0 unspecified atom stereocenters. The van der Waals surface area contributed by atoms with Crippen LogP contribution in [0.1, 0.15) is 53.2 Å². The van der Waals surface area contributed by atoms with Crippen LogP contribution in [-0.4, -0.2) is 44.0 Å². The number of piperidine rings is 1. The predicted octanol–water partition coefficient (Wildman–Crippen LogP) is 5.14. The maximum absolute atomic E-state index is 14.5. The minimum atomic E-state index is -4.28. The first kappa shape index (κ1) is 28.3. The Morgan fingerprint density at radius 3 is 2.59 bits per heavy atom. The van der Waals surface area contributed by atoms with Gasteiger partial charge in [0, 0.05) is 27.6 Å². The highest BCUT2D eigenvalue weighted by atomic mass is 32.2. The van der Waals surface area contributed by atoms with Gasteiger partial charge in [-0.15, -0.1) is 0 Å². The summed E-state index contributed by atoms with van der Waals surface area (Å²) in [5.41, 5.74) is 6.65. The molecule has 0 bridgehead atoms. The van der Waals surface area contributed by atoms with Crippen molar-refractivity contribution < 1.29 is 25.2 Å². The molecule has 3 heterocycles. The number of benzene rings is 1. The Morgan fingerprint density at radius 1 is 1.18 bits per heavy atom. The fourth-order valence-electron chi connectivity index (χ4n) is 4.45. The molecule has 0 aliphatic carbocycles. The summed E-state index contributed by atoms with van der Waals surface area (Å²) < 4.78 is 48.0. The van der Waals surface area contributed by atoms with E-state index in [4.69, 9.17) is 15.5 Å². The van der Waals surface area contributed by atoms with Crippen LogP contribution in [0.15, 0.2) is 53.6 Å². The molecule has 1 aliphatic heterocycles. The van der Waals surface area contributed by atoms with Crippen molar-refractivity contribution in [2.75, 3.05) is 30.3 Å². The summed E-state index contributed by atoms with van der Waals surface area (Å²) in [6.45, 7) is 7.90. The van der Waals surface area contributed by atoms with Crippen LogP contribution in [0.3, 0.4) is 0 Å². The normalized spacial score (nSPS) is 14.4. The Balaban J connectivity index is 0.00000294. The third kappa shape index (κ3) is 7.03. The average Bonchev–Trinajstić information content (AvgIpc) is 2.91. The van der Waals surface area contributed by atoms with Gasteiger partial charge in [-0.3, -0.25) is 4.79 Å². The van der Waals surface area contributed by atoms with Crippen molar-refractivity contribution in [1.29, 1.82) is 0 Å². The van der Waals surface area contributed by atoms with E-state index in [0.717, 1.165) is 19.3 Å². The van der Waals surface area contributed by atoms with Gasteiger partial charge in [0.05, 0.1) is 17.9 Å². The van der Waals surface area contributed by atoms with E-state index in [0.29, 0.717) is 48.4 Å². The zero-order valence-electron chi connectivity index (χ0n) is 22.4. The van der Waals surface area contributed by atoms with Crippen LogP contribution < -0.4 is 20.1 Å². The van der Waals surface area contributed by atoms with Gasteiger partial charge in [-0.2, -0.15) is 8.42 Å². The molecule has 39 heavy (non-hydrogen) atoms. The number of nitrogen functional groups attached to an aromatic ring is 1. The van der Waals surface area contributed by atoms with Crippen LogP contribution in [0, 0.1) is 17.7 Å². The smallest absolute Gasteiger partial charge is 0.281 e. The molecule has 4 rings (SSSR count). The molecule has 0 spiro atoms. The summed E-state index contributed by atoms with van der Waals surface area (Å²) >= 11 is 0. The number of pyridine rings is 2. The number of carbonyl (C=O) groups excluding carboxylic acids is 1. The molecular formula is C28H38FN5O4S. The number of nitrogens with one attached hydrogen (secondary N) is 1. The lowest BCUT2D eigenvalue weighted by Crippen LogP contribution is -2.37. The van der Waals surface area contributed by atoms with Gasteiger partial charge in [-0.25, -0.2) is 19.1 Å². The molecular weight excluding hydrogens is 521 g/mol. The van der Waals surface area contributed by atoms with Gasteiger partial charge in [-0.05, 0) is 61.1 Å². The standard InChI is InChI=1S/C28H34FN5O4S.2H2/c1-4-19-10-12-34(13-11-19)27-23(28(35)33-39(36,37)26-7-5-6-25(30)32-26)8-9-24(31-27)20-14-21(29)16-22(15-20)38-17-18(2)3;;/h5-9,14-16,18-19H,4,10-13,17H2,1-3H3,(H2,30,32)(H,33,35);2*1H. The maximum Gasteiger partial charge on any atom is 0.281 e. The predicted molar refractivity (Wildman–Crippen MR) is 153 cm³/mol. The number of nitrogens with two attached hydrogens (primary N) is 1. The molecule has 3 aromatic rings. The maximum atomic E-state index is 14.5. The van der Waals surface area contributed by atoms with Crippen molar-refractivity contribution in [2.45, 2.75) is 45.1 Å². The van der Waals surface area contributed by atoms with Crippen molar-refractivity contribution in [3.05, 3.63) is 59.9 Å². The summed E-state index contributed by atoms with van der Waals surface area (Å²) in [4.78, 5) is 23.9. The highest BCUT2D eigenvalue weighted by molar-refractivity contribution is 7.90. The van der Waals surface area contributed by atoms with E-state index < -0.39 is 21.7 Å². The van der Waals surface area contributed by atoms with Crippen molar-refractivity contribution in [3.8, 4) is 17.0 Å². The molecule has 9 nitrogen and oxygen atoms in total. The van der Waals surface area contributed by atoms with E-state index in [2.05, 4.69) is 16.6 Å². The fraction of sp³-hybridized carbons (Fsp3) is 0.393. The molecule has 0 saturated carbocycles. The molecule has 1 fully saturated rings. The van der Waals surface area contributed by atoms with Crippen LogP contribution in [0.2, 0.25) is 0 Å². The second-order valence-electron chi connectivity index (χ2n) is 10.1. The number of hydrogen-bond acceptors (Lipinski definition) is 8. The Bertz CT molecular complexity index is 1450. The minimum absolute atomic E-state index is 0. The third-order valence-corrected chi connectivity index (χ3v) is 7.84. The van der Waals surface area contributed by atoms with Crippen LogP contribution in [0.5, 0.6) is 5.75 Å². The molecule has 11 heteroatoms. The first-order chi connectivity index (χ1) is 18.6. The number of anilines is 2. The molecule has 0 radical (unpaired) electrons. The lowest BCUT2D eigenvalue weighted by atomic mass is 9.94. The number of rotatable bonds is 9. The van der Waals surface area contributed by atoms with E-state index in [9.17, 15) is 17.6 Å². The molecule has 1 aliphatic rings. The summed E-state index contributed by atoms with van der Waals surface area (Å²) in [6.07, 6.45) is 2.90. The number of halogens is 1. The molecule has 0 atom stereocenters. The first-order valence-corrected chi connectivity index (χ1v) is 14.5. The number of sulfonamides is 1. The van der Waals surface area contributed by atoms with E-state index in [1.165, 1.54) is 36.4 Å².